The molecule has 0 saturated heterocycles. The molecule has 1 N–H and O–H groups in total. The van der Waals surface area contributed by atoms with Crippen LogP contribution in [0.2, 0.25) is 0 Å². The zero-order chi connectivity index (χ0) is 16.2. The van der Waals surface area contributed by atoms with Crippen molar-refractivity contribution in [1.29, 1.82) is 0 Å². The van der Waals surface area contributed by atoms with Crippen molar-refractivity contribution in [3.05, 3.63) is 40.8 Å². The van der Waals surface area contributed by atoms with Crippen molar-refractivity contribution in [1.82, 2.24) is 4.72 Å². The fraction of sp³-hybridized carbons (Fsp3) is 0.286. The Balaban J connectivity index is 2.17. The Morgan fingerprint density at radius 3 is 2.50 bits per heavy atom. The molecule has 22 heavy (non-hydrogen) atoms. The van der Waals surface area contributed by atoms with Gasteiger partial charge in [-0.05, 0) is 34.1 Å². The lowest BCUT2D eigenvalue weighted by atomic mass is 10.3. The number of nitrogens with one attached hydrogen (secondary N) is 1. The van der Waals surface area contributed by atoms with E-state index in [1.165, 1.54) is 20.3 Å². The lowest BCUT2D eigenvalue weighted by Crippen LogP contribution is -2.26. The van der Waals surface area contributed by atoms with Crippen molar-refractivity contribution >= 4 is 26.0 Å². The number of hydrogen-bond donors (Lipinski definition) is 1. The highest BCUT2D eigenvalue weighted by atomic mass is 79.9. The van der Waals surface area contributed by atoms with Crippen LogP contribution in [0.1, 0.15) is 5.76 Å². The Morgan fingerprint density at radius 2 is 1.91 bits per heavy atom. The molecule has 0 aliphatic heterocycles. The quantitative estimate of drug-likeness (QED) is 0.787. The fourth-order valence-electron chi connectivity index (χ4n) is 1.88. The van der Waals surface area contributed by atoms with Crippen LogP contribution in [0, 0.1) is 0 Å². The van der Waals surface area contributed by atoms with Crippen molar-refractivity contribution in [2.75, 3.05) is 20.8 Å². The molecule has 1 aromatic heterocycles. The van der Waals surface area contributed by atoms with Crippen molar-refractivity contribution in [3.63, 3.8) is 0 Å². The Bertz CT molecular complexity index is 728. The van der Waals surface area contributed by atoms with Crippen LogP contribution >= 0.6 is 15.9 Å². The topological polar surface area (TPSA) is 77.8 Å². The lowest BCUT2D eigenvalue weighted by molar-refractivity contribution is 0.353. The maximum Gasteiger partial charge on any atom is 0.241 e. The number of ether oxygens (including phenoxy) is 2. The minimum atomic E-state index is -3.68. The molecule has 0 aliphatic carbocycles. The summed E-state index contributed by atoms with van der Waals surface area (Å²) in [5.41, 5.74) is 0. The predicted molar refractivity (Wildman–Crippen MR) is 84.8 cm³/mol. The number of sulfonamides is 1. The van der Waals surface area contributed by atoms with Crippen LogP contribution in [0.3, 0.4) is 0 Å². The maximum atomic E-state index is 12.4. The molecule has 0 bridgehead atoms. The van der Waals surface area contributed by atoms with Gasteiger partial charge in [-0.25, -0.2) is 13.1 Å². The number of methoxy groups -OCH3 is 2. The standard InChI is InChI=1S/C14H16BrNO5S/c1-19-12-8-11(15)14(9-13(12)20-2)22(17,18)16-6-5-10-4-3-7-21-10/h3-4,7-9,16H,5-6H2,1-2H3. The molecule has 0 saturated carbocycles. The molecule has 1 heterocycles. The van der Waals surface area contributed by atoms with E-state index in [1.54, 1.807) is 24.5 Å². The van der Waals surface area contributed by atoms with E-state index in [4.69, 9.17) is 13.9 Å². The summed E-state index contributed by atoms with van der Waals surface area (Å²) in [5.74, 6) is 1.51. The van der Waals surface area contributed by atoms with E-state index in [1.807, 2.05) is 0 Å². The number of furan rings is 1. The Kier molecular flexibility index (Phi) is 5.49. The second-order valence-electron chi connectivity index (χ2n) is 4.36. The highest BCUT2D eigenvalue weighted by Gasteiger charge is 2.21. The summed E-state index contributed by atoms with van der Waals surface area (Å²) < 4.78 is 43.1. The van der Waals surface area contributed by atoms with E-state index in [0.29, 0.717) is 28.2 Å². The molecule has 1 aromatic carbocycles. The predicted octanol–water partition coefficient (Wildman–Crippen LogP) is 2.58. The van der Waals surface area contributed by atoms with Crippen LogP contribution in [0.15, 0.2) is 44.3 Å². The monoisotopic (exact) mass is 389 g/mol. The highest BCUT2D eigenvalue weighted by molar-refractivity contribution is 9.10. The first-order chi connectivity index (χ1) is 10.5. The zero-order valence-electron chi connectivity index (χ0n) is 12.1. The van der Waals surface area contributed by atoms with Crippen molar-refractivity contribution < 1.29 is 22.3 Å². The molecule has 0 unspecified atom stereocenters. The van der Waals surface area contributed by atoms with Crippen molar-refractivity contribution in [2.24, 2.45) is 0 Å². The Morgan fingerprint density at radius 1 is 1.23 bits per heavy atom. The summed E-state index contributed by atoms with van der Waals surface area (Å²) in [4.78, 5) is 0.0876. The van der Waals surface area contributed by atoms with Crippen LogP contribution in [0.25, 0.3) is 0 Å². The average Bonchev–Trinajstić information content (AvgIpc) is 2.99. The summed E-state index contributed by atoms with van der Waals surface area (Å²) in [6.45, 7) is 0.233. The first-order valence-electron chi connectivity index (χ1n) is 6.41. The van der Waals surface area contributed by atoms with Gasteiger partial charge in [0.05, 0.1) is 20.5 Å². The minimum Gasteiger partial charge on any atom is -0.493 e. The van der Waals surface area contributed by atoms with Gasteiger partial charge in [-0.15, -0.1) is 0 Å². The van der Waals surface area contributed by atoms with Gasteiger partial charge in [0, 0.05) is 23.5 Å². The second-order valence-corrected chi connectivity index (χ2v) is 6.95. The molecule has 0 spiro atoms. The van der Waals surface area contributed by atoms with Crippen LogP contribution in [-0.2, 0) is 16.4 Å². The van der Waals surface area contributed by atoms with Gasteiger partial charge in [0.2, 0.25) is 10.0 Å². The van der Waals surface area contributed by atoms with Crippen LogP contribution in [-0.4, -0.2) is 29.2 Å². The molecule has 0 radical (unpaired) electrons. The molecule has 0 fully saturated rings. The number of halogens is 1. The normalized spacial score (nSPS) is 11.4. The molecular formula is C14H16BrNO5S. The lowest BCUT2D eigenvalue weighted by Gasteiger charge is -2.12. The number of benzene rings is 1. The molecule has 0 amide bonds. The van der Waals surface area contributed by atoms with Crippen molar-refractivity contribution in [2.45, 2.75) is 11.3 Å². The molecule has 0 atom stereocenters. The fourth-order valence-corrected chi connectivity index (χ4v) is 3.95. The first kappa shape index (κ1) is 16.9. The van der Waals surface area contributed by atoms with E-state index in [0.717, 1.165) is 0 Å². The first-order valence-corrected chi connectivity index (χ1v) is 8.69. The summed E-state index contributed by atoms with van der Waals surface area (Å²) in [6, 6.07) is 6.52. The molecule has 8 heteroatoms. The highest BCUT2D eigenvalue weighted by Crippen LogP contribution is 2.35. The number of rotatable bonds is 7. The molecule has 2 rings (SSSR count). The van der Waals surface area contributed by atoms with Gasteiger partial charge in [-0.2, -0.15) is 0 Å². The Hall–Kier alpha value is -1.51. The summed E-state index contributed by atoms with van der Waals surface area (Å²) in [6.07, 6.45) is 2.02. The van der Waals surface area contributed by atoms with E-state index in [9.17, 15) is 8.42 Å². The van der Waals surface area contributed by atoms with Crippen molar-refractivity contribution in [3.8, 4) is 11.5 Å². The third kappa shape index (κ3) is 3.82. The third-order valence-electron chi connectivity index (χ3n) is 2.97. The molecule has 2 aromatic rings. The van der Waals surface area contributed by atoms with E-state index in [-0.39, 0.29) is 11.4 Å². The summed E-state index contributed by atoms with van der Waals surface area (Å²) >= 11 is 3.24. The van der Waals surface area contributed by atoms with Crippen LogP contribution in [0.4, 0.5) is 0 Å². The number of hydrogen-bond acceptors (Lipinski definition) is 5. The third-order valence-corrected chi connectivity index (χ3v) is 5.39. The van der Waals surface area contributed by atoms with Gasteiger partial charge in [0.1, 0.15) is 10.7 Å². The van der Waals surface area contributed by atoms with E-state index >= 15 is 0 Å². The van der Waals surface area contributed by atoms with Crippen LogP contribution in [0.5, 0.6) is 11.5 Å². The summed E-state index contributed by atoms with van der Waals surface area (Å²) in [5, 5.41) is 0. The van der Waals surface area contributed by atoms with Gasteiger partial charge in [-0.1, -0.05) is 0 Å². The van der Waals surface area contributed by atoms with E-state index in [2.05, 4.69) is 20.7 Å². The molecule has 0 aliphatic rings. The zero-order valence-corrected chi connectivity index (χ0v) is 14.5. The smallest absolute Gasteiger partial charge is 0.241 e. The van der Waals surface area contributed by atoms with Gasteiger partial charge < -0.3 is 13.9 Å². The minimum absolute atomic E-state index is 0.0876. The van der Waals surface area contributed by atoms with E-state index < -0.39 is 10.0 Å². The molecule has 6 nitrogen and oxygen atoms in total. The second kappa shape index (κ2) is 7.17. The maximum absolute atomic E-state index is 12.4. The largest absolute Gasteiger partial charge is 0.493 e. The van der Waals surface area contributed by atoms with Gasteiger partial charge in [0.25, 0.3) is 0 Å². The SMILES string of the molecule is COc1cc(Br)c(S(=O)(=O)NCCc2ccco2)cc1OC. The van der Waals surface area contributed by atoms with Gasteiger partial charge in [-0.3, -0.25) is 0 Å². The van der Waals surface area contributed by atoms with Gasteiger partial charge >= 0.3 is 0 Å². The summed E-state index contributed by atoms with van der Waals surface area (Å²) in [7, 11) is -0.739. The Labute approximate surface area is 137 Å². The molecular weight excluding hydrogens is 374 g/mol. The van der Waals surface area contributed by atoms with Gasteiger partial charge in [0.15, 0.2) is 11.5 Å². The van der Waals surface area contributed by atoms with Crippen LogP contribution < -0.4 is 14.2 Å². The average molecular weight is 390 g/mol. The molecule has 120 valence electrons.